The summed E-state index contributed by atoms with van der Waals surface area (Å²) in [7, 11) is 0. The van der Waals surface area contributed by atoms with Crippen LogP contribution >= 0.6 is 0 Å². The molecule has 4 nitrogen and oxygen atoms in total. The molecular weight excluding hydrogens is 300 g/mol. The summed E-state index contributed by atoms with van der Waals surface area (Å²) in [6.45, 7) is 3.58. The fourth-order valence-electron chi connectivity index (χ4n) is 4.61. The first-order valence-electron chi connectivity index (χ1n) is 9.75. The van der Waals surface area contributed by atoms with Crippen LogP contribution in [0.5, 0.6) is 11.5 Å². The molecule has 3 aliphatic rings. The normalized spacial score (nSPS) is 29.6. The van der Waals surface area contributed by atoms with Crippen molar-refractivity contribution >= 4 is 0 Å². The zero-order valence-electron chi connectivity index (χ0n) is 14.6. The molecule has 24 heavy (non-hydrogen) atoms. The van der Waals surface area contributed by atoms with Crippen LogP contribution in [0.4, 0.5) is 0 Å². The van der Waals surface area contributed by atoms with Crippen molar-refractivity contribution in [3.8, 4) is 11.5 Å². The van der Waals surface area contributed by atoms with Crippen molar-refractivity contribution in [2.45, 2.75) is 57.0 Å². The molecule has 2 N–H and O–H groups in total. The third kappa shape index (κ3) is 3.70. The van der Waals surface area contributed by atoms with Crippen molar-refractivity contribution in [3.05, 3.63) is 23.8 Å². The van der Waals surface area contributed by atoms with Crippen molar-refractivity contribution in [3.63, 3.8) is 0 Å². The summed E-state index contributed by atoms with van der Waals surface area (Å²) in [5, 5.41) is 7.61. The van der Waals surface area contributed by atoms with Crippen molar-refractivity contribution in [2.24, 2.45) is 5.92 Å². The number of rotatable bonds is 5. The van der Waals surface area contributed by atoms with Crippen LogP contribution in [0.1, 0.15) is 44.1 Å². The van der Waals surface area contributed by atoms with Gasteiger partial charge in [0.05, 0.1) is 0 Å². The molecule has 1 aromatic rings. The quantitative estimate of drug-likeness (QED) is 0.871. The zero-order valence-corrected chi connectivity index (χ0v) is 14.6. The Morgan fingerprint density at radius 2 is 1.92 bits per heavy atom. The summed E-state index contributed by atoms with van der Waals surface area (Å²) in [5.41, 5.74) is 1.33. The highest BCUT2D eigenvalue weighted by atomic mass is 16.6. The van der Waals surface area contributed by atoms with Crippen molar-refractivity contribution in [2.75, 3.05) is 26.3 Å². The lowest BCUT2D eigenvalue weighted by Crippen LogP contribution is -2.47. The Labute approximate surface area is 145 Å². The standard InChI is InChI=1S/C20H30N2O2/c1-2-10-21-17(5-1)16-4-3-6-18(16)22-11-9-15-7-8-19-20(14-15)24-13-12-23-19/h7-8,14,16-18,21-22H,1-6,9-13H2. The van der Waals surface area contributed by atoms with Crippen LogP contribution in [-0.2, 0) is 6.42 Å². The van der Waals surface area contributed by atoms with Gasteiger partial charge < -0.3 is 20.1 Å². The molecule has 132 valence electrons. The minimum atomic E-state index is 0.659. The maximum Gasteiger partial charge on any atom is 0.161 e. The molecule has 2 fully saturated rings. The lowest BCUT2D eigenvalue weighted by atomic mass is 9.88. The lowest BCUT2D eigenvalue weighted by Gasteiger charge is -2.33. The summed E-state index contributed by atoms with van der Waals surface area (Å²) < 4.78 is 11.3. The Balaban J connectivity index is 1.28. The number of hydrogen-bond donors (Lipinski definition) is 2. The second-order valence-electron chi connectivity index (χ2n) is 7.44. The third-order valence-electron chi connectivity index (χ3n) is 5.86. The largest absolute Gasteiger partial charge is 0.486 e. The first kappa shape index (κ1) is 16.2. The molecule has 3 atom stereocenters. The molecule has 1 saturated heterocycles. The smallest absolute Gasteiger partial charge is 0.161 e. The van der Waals surface area contributed by atoms with E-state index in [-0.39, 0.29) is 0 Å². The Bertz CT molecular complexity index is 542. The van der Waals surface area contributed by atoms with E-state index in [9.17, 15) is 0 Å². The number of benzene rings is 1. The summed E-state index contributed by atoms with van der Waals surface area (Å²) in [6.07, 6.45) is 9.28. The molecule has 0 spiro atoms. The molecule has 2 aliphatic heterocycles. The van der Waals surface area contributed by atoms with Gasteiger partial charge in [-0.15, -0.1) is 0 Å². The highest BCUT2D eigenvalue weighted by Gasteiger charge is 2.33. The molecule has 3 unspecified atom stereocenters. The second-order valence-corrected chi connectivity index (χ2v) is 7.44. The fourth-order valence-corrected chi connectivity index (χ4v) is 4.61. The van der Waals surface area contributed by atoms with E-state index in [1.54, 1.807) is 0 Å². The van der Waals surface area contributed by atoms with Crippen LogP contribution in [0.2, 0.25) is 0 Å². The lowest BCUT2D eigenvalue weighted by molar-refractivity contribution is 0.171. The van der Waals surface area contributed by atoms with E-state index >= 15 is 0 Å². The van der Waals surface area contributed by atoms with E-state index in [1.165, 1.54) is 50.6 Å². The monoisotopic (exact) mass is 330 g/mol. The van der Waals surface area contributed by atoms with Gasteiger partial charge in [-0.2, -0.15) is 0 Å². The van der Waals surface area contributed by atoms with Crippen molar-refractivity contribution < 1.29 is 9.47 Å². The predicted molar refractivity (Wildman–Crippen MR) is 95.9 cm³/mol. The van der Waals surface area contributed by atoms with Gasteiger partial charge in [0.15, 0.2) is 11.5 Å². The number of ether oxygens (including phenoxy) is 2. The maximum atomic E-state index is 5.69. The van der Waals surface area contributed by atoms with Crippen LogP contribution in [0, 0.1) is 5.92 Å². The first-order chi connectivity index (χ1) is 11.9. The zero-order chi connectivity index (χ0) is 16.2. The minimum absolute atomic E-state index is 0.659. The average molecular weight is 330 g/mol. The molecule has 0 radical (unpaired) electrons. The minimum Gasteiger partial charge on any atom is -0.486 e. The Morgan fingerprint density at radius 3 is 2.79 bits per heavy atom. The first-order valence-corrected chi connectivity index (χ1v) is 9.75. The Morgan fingerprint density at radius 1 is 1.00 bits per heavy atom. The van der Waals surface area contributed by atoms with E-state index < -0.39 is 0 Å². The van der Waals surface area contributed by atoms with Crippen LogP contribution in [-0.4, -0.2) is 38.4 Å². The van der Waals surface area contributed by atoms with E-state index in [1.807, 2.05) is 6.07 Å². The molecule has 1 saturated carbocycles. The molecule has 0 bridgehead atoms. The van der Waals surface area contributed by atoms with Crippen LogP contribution in [0.3, 0.4) is 0 Å². The third-order valence-corrected chi connectivity index (χ3v) is 5.86. The van der Waals surface area contributed by atoms with Gasteiger partial charge in [0, 0.05) is 12.1 Å². The maximum absolute atomic E-state index is 5.69. The van der Waals surface area contributed by atoms with E-state index in [4.69, 9.17) is 9.47 Å². The fraction of sp³-hybridized carbons (Fsp3) is 0.700. The van der Waals surface area contributed by atoms with Gasteiger partial charge in [0.25, 0.3) is 0 Å². The Kier molecular flexibility index (Phi) is 5.24. The number of hydrogen-bond acceptors (Lipinski definition) is 4. The molecular formula is C20H30N2O2. The van der Waals surface area contributed by atoms with Gasteiger partial charge in [-0.3, -0.25) is 0 Å². The molecule has 4 rings (SSSR count). The summed E-state index contributed by atoms with van der Waals surface area (Å²) in [4.78, 5) is 0. The van der Waals surface area contributed by atoms with Gasteiger partial charge in [-0.25, -0.2) is 0 Å². The molecule has 1 aromatic carbocycles. The van der Waals surface area contributed by atoms with E-state index in [0.717, 1.165) is 36.4 Å². The van der Waals surface area contributed by atoms with Crippen LogP contribution in [0.15, 0.2) is 18.2 Å². The summed E-state index contributed by atoms with van der Waals surface area (Å²) in [5.74, 6) is 2.62. The number of nitrogens with one attached hydrogen (secondary N) is 2. The van der Waals surface area contributed by atoms with E-state index in [0.29, 0.717) is 19.3 Å². The summed E-state index contributed by atoms with van der Waals surface area (Å²) in [6, 6.07) is 7.80. The Hall–Kier alpha value is -1.26. The topological polar surface area (TPSA) is 42.5 Å². The SMILES string of the molecule is c1cc2c(cc1CCNC1CCCC1C1CCCCN1)OCCO2. The van der Waals surface area contributed by atoms with Crippen molar-refractivity contribution in [1.82, 2.24) is 10.6 Å². The summed E-state index contributed by atoms with van der Waals surface area (Å²) >= 11 is 0. The molecule has 2 heterocycles. The molecule has 0 amide bonds. The van der Waals surface area contributed by atoms with Gasteiger partial charge in [-0.05, 0) is 68.8 Å². The number of piperidine rings is 1. The highest BCUT2D eigenvalue weighted by molar-refractivity contribution is 5.43. The van der Waals surface area contributed by atoms with Gasteiger partial charge >= 0.3 is 0 Å². The average Bonchev–Trinajstić information content (AvgIpc) is 3.11. The predicted octanol–water partition coefficient (Wildman–Crippen LogP) is 2.90. The van der Waals surface area contributed by atoms with Gasteiger partial charge in [0.1, 0.15) is 13.2 Å². The number of fused-ring (bicyclic) bond motifs is 1. The van der Waals surface area contributed by atoms with Gasteiger partial charge in [0.2, 0.25) is 0 Å². The van der Waals surface area contributed by atoms with E-state index in [2.05, 4.69) is 22.8 Å². The highest BCUT2D eigenvalue weighted by Crippen LogP contribution is 2.32. The second kappa shape index (κ2) is 7.75. The van der Waals surface area contributed by atoms with Crippen LogP contribution in [0.25, 0.3) is 0 Å². The van der Waals surface area contributed by atoms with Crippen LogP contribution < -0.4 is 20.1 Å². The molecule has 4 heteroatoms. The van der Waals surface area contributed by atoms with Crippen molar-refractivity contribution in [1.29, 1.82) is 0 Å². The molecule has 1 aliphatic carbocycles. The molecule has 0 aromatic heterocycles. The van der Waals surface area contributed by atoms with Gasteiger partial charge in [-0.1, -0.05) is 18.9 Å².